The molecule has 0 aromatic heterocycles. The third kappa shape index (κ3) is 1.31. The van der Waals surface area contributed by atoms with Gasteiger partial charge in [-0.05, 0) is 13.8 Å². The van der Waals surface area contributed by atoms with Crippen molar-refractivity contribution in [2.45, 2.75) is 19.6 Å². The monoisotopic (exact) mass is 176 g/mol. The molecule has 3 heteroatoms. The largest absolute Gasteiger partial charge is 0.366 e. The minimum absolute atomic E-state index is 0.877. The highest BCUT2D eigenvalue weighted by molar-refractivity contribution is 5.83. The van der Waals surface area contributed by atoms with Crippen molar-refractivity contribution >= 4 is 6.21 Å². The second kappa shape index (κ2) is 2.57. The minimum Gasteiger partial charge on any atom is -0.366 e. The third-order valence-corrected chi connectivity index (χ3v) is 2.22. The Morgan fingerprint density at radius 1 is 1.46 bits per heavy atom. The first-order valence-electron chi connectivity index (χ1n) is 4.23. The zero-order chi connectivity index (χ0) is 9.47. The summed E-state index contributed by atoms with van der Waals surface area (Å²) in [5.74, 6) is 0. The van der Waals surface area contributed by atoms with Gasteiger partial charge in [0.25, 0.3) is 0 Å². The first-order chi connectivity index (χ1) is 6.09. The fraction of sp³-hybridized carbons (Fsp3) is 0.300. The number of nitrogens with zero attached hydrogens (tertiary/aromatic N) is 1. The predicted octanol–water partition coefficient (Wildman–Crippen LogP) is 1.10. The first kappa shape index (κ1) is 8.26. The molecule has 1 atom stereocenters. The van der Waals surface area contributed by atoms with E-state index in [1.54, 1.807) is 13.1 Å². The molecule has 0 radical (unpaired) electrons. The van der Waals surface area contributed by atoms with Crippen LogP contribution in [0.15, 0.2) is 23.3 Å². The van der Waals surface area contributed by atoms with E-state index in [0.717, 1.165) is 16.7 Å². The molecule has 0 fully saturated rings. The molecule has 1 aliphatic heterocycles. The van der Waals surface area contributed by atoms with E-state index in [9.17, 15) is 5.11 Å². The van der Waals surface area contributed by atoms with E-state index < -0.39 is 5.72 Å². The molecule has 1 unspecified atom stereocenters. The summed E-state index contributed by atoms with van der Waals surface area (Å²) in [6.07, 6.45) is 1.72. The average molecular weight is 176 g/mol. The maximum absolute atomic E-state index is 9.93. The van der Waals surface area contributed by atoms with Crippen LogP contribution in [0.4, 0.5) is 0 Å². The van der Waals surface area contributed by atoms with Crippen LogP contribution in [0.5, 0.6) is 0 Å². The van der Waals surface area contributed by atoms with Crippen molar-refractivity contribution in [3.8, 4) is 0 Å². The average Bonchev–Trinajstić information content (AvgIpc) is 2.06. The van der Waals surface area contributed by atoms with E-state index in [1.807, 2.05) is 25.1 Å². The fourth-order valence-electron chi connectivity index (χ4n) is 1.49. The Balaban J connectivity index is 2.62. The molecule has 0 amide bonds. The van der Waals surface area contributed by atoms with Crippen molar-refractivity contribution in [1.29, 1.82) is 0 Å². The van der Waals surface area contributed by atoms with Crippen LogP contribution in [-0.4, -0.2) is 11.3 Å². The van der Waals surface area contributed by atoms with E-state index in [2.05, 4.69) is 10.5 Å². The summed E-state index contributed by atoms with van der Waals surface area (Å²) in [5, 5.41) is 13.8. The molecule has 0 saturated heterocycles. The van der Waals surface area contributed by atoms with Crippen LogP contribution in [0.2, 0.25) is 0 Å². The fourth-order valence-corrected chi connectivity index (χ4v) is 1.49. The van der Waals surface area contributed by atoms with Gasteiger partial charge in [-0.1, -0.05) is 23.8 Å². The molecular weight excluding hydrogens is 164 g/mol. The summed E-state index contributed by atoms with van der Waals surface area (Å²) in [6.45, 7) is 3.70. The highest BCUT2D eigenvalue weighted by atomic mass is 16.3. The van der Waals surface area contributed by atoms with Crippen LogP contribution in [-0.2, 0) is 5.72 Å². The second-order valence-electron chi connectivity index (χ2n) is 3.53. The lowest BCUT2D eigenvalue weighted by atomic mass is 9.96. The first-order valence-corrected chi connectivity index (χ1v) is 4.23. The highest BCUT2D eigenvalue weighted by Crippen LogP contribution is 2.24. The number of aliphatic hydroxyl groups is 1. The molecule has 1 heterocycles. The van der Waals surface area contributed by atoms with E-state index in [0.29, 0.717) is 0 Å². The molecule has 68 valence electrons. The summed E-state index contributed by atoms with van der Waals surface area (Å²) in [6, 6.07) is 5.93. The Labute approximate surface area is 77.1 Å². The molecule has 2 N–H and O–H groups in total. The molecule has 0 aliphatic carbocycles. The molecule has 2 rings (SSSR count). The molecule has 3 nitrogen and oxygen atoms in total. The van der Waals surface area contributed by atoms with Gasteiger partial charge in [-0.2, -0.15) is 5.10 Å². The van der Waals surface area contributed by atoms with Gasteiger partial charge < -0.3 is 5.11 Å². The second-order valence-corrected chi connectivity index (χ2v) is 3.53. The van der Waals surface area contributed by atoms with Gasteiger partial charge in [0.2, 0.25) is 0 Å². The summed E-state index contributed by atoms with van der Waals surface area (Å²) >= 11 is 0. The lowest BCUT2D eigenvalue weighted by Crippen LogP contribution is -2.39. The molecule has 1 aromatic rings. The number of benzene rings is 1. The lowest BCUT2D eigenvalue weighted by molar-refractivity contribution is 0.0192. The number of fused-ring (bicyclic) bond motifs is 1. The summed E-state index contributed by atoms with van der Waals surface area (Å²) in [5.41, 5.74) is 4.60. The summed E-state index contributed by atoms with van der Waals surface area (Å²) in [4.78, 5) is 0. The van der Waals surface area contributed by atoms with Crippen LogP contribution in [0.3, 0.4) is 0 Å². The number of hydrogen-bond acceptors (Lipinski definition) is 3. The van der Waals surface area contributed by atoms with Crippen LogP contribution >= 0.6 is 0 Å². The Hall–Kier alpha value is -1.35. The maximum Gasteiger partial charge on any atom is 0.174 e. The quantitative estimate of drug-likeness (QED) is 0.621. The predicted molar refractivity (Wildman–Crippen MR) is 51.5 cm³/mol. The van der Waals surface area contributed by atoms with Crippen LogP contribution in [0.25, 0.3) is 0 Å². The van der Waals surface area contributed by atoms with Gasteiger partial charge in [0.15, 0.2) is 5.72 Å². The van der Waals surface area contributed by atoms with Gasteiger partial charge in [0.1, 0.15) is 0 Å². The molecule has 0 saturated carbocycles. The number of hydrogen-bond donors (Lipinski definition) is 2. The van der Waals surface area contributed by atoms with Gasteiger partial charge in [-0.25, -0.2) is 0 Å². The topological polar surface area (TPSA) is 44.6 Å². The summed E-state index contributed by atoms with van der Waals surface area (Å²) < 4.78 is 0. The number of aryl methyl sites for hydroxylation is 1. The van der Waals surface area contributed by atoms with Gasteiger partial charge in [-0.15, -0.1) is 0 Å². The van der Waals surface area contributed by atoms with E-state index in [4.69, 9.17) is 0 Å². The molecular formula is C10H12N2O. The maximum atomic E-state index is 9.93. The molecule has 0 bridgehead atoms. The summed E-state index contributed by atoms with van der Waals surface area (Å²) in [7, 11) is 0. The van der Waals surface area contributed by atoms with E-state index in [1.165, 1.54) is 0 Å². The smallest absolute Gasteiger partial charge is 0.174 e. The SMILES string of the molecule is Cc1ccc2c(c1)C(C)(O)NN=C2. The minimum atomic E-state index is -1.05. The van der Waals surface area contributed by atoms with Gasteiger partial charge in [0.05, 0.1) is 6.21 Å². The molecule has 0 spiro atoms. The van der Waals surface area contributed by atoms with Crippen molar-refractivity contribution < 1.29 is 5.11 Å². The number of hydrazone groups is 1. The molecule has 13 heavy (non-hydrogen) atoms. The Bertz CT molecular complexity index is 369. The normalized spacial score (nSPS) is 25.2. The van der Waals surface area contributed by atoms with Crippen LogP contribution in [0, 0.1) is 6.92 Å². The standard InChI is InChI=1S/C10H12N2O/c1-7-3-4-8-6-11-12-10(2,13)9(8)5-7/h3-6,12-13H,1-2H3. The lowest BCUT2D eigenvalue weighted by Gasteiger charge is -2.28. The van der Waals surface area contributed by atoms with Crippen LogP contribution < -0.4 is 5.43 Å². The van der Waals surface area contributed by atoms with Crippen molar-refractivity contribution in [2.24, 2.45) is 5.10 Å². The van der Waals surface area contributed by atoms with Crippen molar-refractivity contribution in [3.63, 3.8) is 0 Å². The Morgan fingerprint density at radius 3 is 3.00 bits per heavy atom. The molecule has 1 aliphatic rings. The highest BCUT2D eigenvalue weighted by Gasteiger charge is 2.27. The van der Waals surface area contributed by atoms with Crippen molar-refractivity contribution in [1.82, 2.24) is 5.43 Å². The Kier molecular flexibility index (Phi) is 1.63. The van der Waals surface area contributed by atoms with E-state index in [-0.39, 0.29) is 0 Å². The zero-order valence-corrected chi connectivity index (χ0v) is 7.70. The number of rotatable bonds is 0. The molecule has 1 aromatic carbocycles. The third-order valence-electron chi connectivity index (χ3n) is 2.22. The Morgan fingerprint density at radius 2 is 2.23 bits per heavy atom. The van der Waals surface area contributed by atoms with E-state index >= 15 is 0 Å². The van der Waals surface area contributed by atoms with Crippen molar-refractivity contribution in [2.75, 3.05) is 0 Å². The van der Waals surface area contributed by atoms with Gasteiger partial charge >= 0.3 is 0 Å². The van der Waals surface area contributed by atoms with Crippen molar-refractivity contribution in [3.05, 3.63) is 34.9 Å². The van der Waals surface area contributed by atoms with Crippen LogP contribution in [0.1, 0.15) is 23.6 Å². The number of nitrogens with one attached hydrogen (secondary N) is 1. The van der Waals surface area contributed by atoms with Gasteiger partial charge in [-0.3, -0.25) is 5.43 Å². The van der Waals surface area contributed by atoms with Gasteiger partial charge in [0, 0.05) is 11.1 Å². The zero-order valence-electron chi connectivity index (χ0n) is 7.70.